The number of amides is 1. The van der Waals surface area contributed by atoms with Gasteiger partial charge in [-0.15, -0.1) is 11.3 Å². The van der Waals surface area contributed by atoms with Gasteiger partial charge in [-0.25, -0.2) is 5.43 Å². The number of phenols is 2. The molecule has 5 nitrogen and oxygen atoms in total. The molecule has 0 spiro atoms. The minimum atomic E-state index is -0.221. The monoisotopic (exact) mass is 344 g/mol. The highest BCUT2D eigenvalue weighted by Crippen LogP contribution is 2.33. The first kappa shape index (κ1) is 16.5. The van der Waals surface area contributed by atoms with Gasteiger partial charge in [0.2, 0.25) is 0 Å². The third kappa shape index (κ3) is 3.59. The Hall–Kier alpha value is -2.34. The van der Waals surface area contributed by atoms with Crippen molar-refractivity contribution in [2.45, 2.75) is 32.6 Å². The second-order valence-corrected chi connectivity index (χ2v) is 7.16. The zero-order valence-electron chi connectivity index (χ0n) is 13.5. The molecule has 1 aromatic heterocycles. The summed E-state index contributed by atoms with van der Waals surface area (Å²) in [5.41, 5.74) is 4.40. The van der Waals surface area contributed by atoms with Gasteiger partial charge in [-0.05, 0) is 60.6 Å². The molecule has 0 radical (unpaired) electrons. The van der Waals surface area contributed by atoms with Crippen LogP contribution in [0.25, 0.3) is 0 Å². The van der Waals surface area contributed by atoms with Crippen LogP contribution in [0.2, 0.25) is 0 Å². The predicted molar refractivity (Wildman–Crippen MR) is 95.0 cm³/mol. The third-order valence-corrected chi connectivity index (χ3v) is 5.60. The Labute approximate surface area is 144 Å². The number of aromatic hydroxyl groups is 2. The summed E-state index contributed by atoms with van der Waals surface area (Å²) >= 11 is 1.55. The van der Waals surface area contributed by atoms with Crippen molar-refractivity contribution < 1.29 is 15.0 Å². The SMILES string of the molecule is CCC1CCc2sc(C(=O)N/N=C/c3ccc(O)c(O)c3)cc2C1. The minimum absolute atomic E-state index is 0.189. The number of thiophene rings is 1. The number of nitrogens with zero attached hydrogens (tertiary/aromatic N) is 1. The Bertz CT molecular complexity index is 783. The number of fused-ring (bicyclic) bond motifs is 1. The lowest BCUT2D eigenvalue weighted by Gasteiger charge is -2.19. The second-order valence-electron chi connectivity index (χ2n) is 6.02. The van der Waals surface area contributed by atoms with Crippen molar-refractivity contribution in [2.24, 2.45) is 11.0 Å². The van der Waals surface area contributed by atoms with Gasteiger partial charge in [-0.3, -0.25) is 4.79 Å². The average molecular weight is 344 g/mol. The molecule has 0 aliphatic heterocycles. The van der Waals surface area contributed by atoms with E-state index in [1.165, 1.54) is 41.6 Å². The Morgan fingerprint density at radius 1 is 1.38 bits per heavy atom. The lowest BCUT2D eigenvalue weighted by atomic mass is 9.87. The summed E-state index contributed by atoms with van der Waals surface area (Å²) in [6, 6.07) is 6.33. The molecule has 24 heavy (non-hydrogen) atoms. The van der Waals surface area contributed by atoms with Crippen LogP contribution in [0, 0.1) is 5.92 Å². The standard InChI is InChI=1S/C18H20N2O3S/c1-2-11-4-6-16-13(7-11)9-17(24-16)18(23)20-19-10-12-3-5-14(21)15(22)8-12/h3,5,8-11,21-22H,2,4,6-7H2,1H3,(H,20,23)/b19-10+. The summed E-state index contributed by atoms with van der Waals surface area (Å²) in [7, 11) is 0. The summed E-state index contributed by atoms with van der Waals surface area (Å²) in [5, 5.41) is 22.6. The number of aryl methyl sites for hydroxylation is 1. The van der Waals surface area contributed by atoms with Crippen LogP contribution in [0.3, 0.4) is 0 Å². The maximum atomic E-state index is 12.2. The number of hydrogen-bond donors (Lipinski definition) is 3. The minimum Gasteiger partial charge on any atom is -0.504 e. The second kappa shape index (κ2) is 7.05. The van der Waals surface area contributed by atoms with E-state index in [-0.39, 0.29) is 17.4 Å². The molecule has 126 valence electrons. The Balaban J connectivity index is 1.64. The third-order valence-electron chi connectivity index (χ3n) is 4.37. The molecule has 1 atom stereocenters. The largest absolute Gasteiger partial charge is 0.504 e. The highest BCUT2D eigenvalue weighted by molar-refractivity contribution is 7.14. The number of benzene rings is 1. The van der Waals surface area contributed by atoms with E-state index in [2.05, 4.69) is 17.5 Å². The van der Waals surface area contributed by atoms with Gasteiger partial charge < -0.3 is 10.2 Å². The molecule has 0 saturated carbocycles. The van der Waals surface area contributed by atoms with Gasteiger partial charge in [0.15, 0.2) is 11.5 Å². The van der Waals surface area contributed by atoms with E-state index in [0.29, 0.717) is 10.4 Å². The number of carbonyl (C=O) groups excluding carboxylic acids is 1. The number of nitrogens with one attached hydrogen (secondary N) is 1. The first-order chi connectivity index (χ1) is 11.6. The first-order valence-electron chi connectivity index (χ1n) is 8.03. The smallest absolute Gasteiger partial charge is 0.281 e. The Morgan fingerprint density at radius 3 is 2.96 bits per heavy atom. The van der Waals surface area contributed by atoms with E-state index in [9.17, 15) is 15.0 Å². The van der Waals surface area contributed by atoms with Gasteiger partial charge in [0, 0.05) is 4.88 Å². The van der Waals surface area contributed by atoms with Crippen molar-refractivity contribution in [1.82, 2.24) is 5.43 Å². The van der Waals surface area contributed by atoms with Crippen LogP contribution >= 0.6 is 11.3 Å². The molecule has 2 aromatic rings. The van der Waals surface area contributed by atoms with E-state index in [1.54, 1.807) is 17.4 Å². The summed E-state index contributed by atoms with van der Waals surface area (Å²) in [6.45, 7) is 2.21. The molecular weight excluding hydrogens is 324 g/mol. The van der Waals surface area contributed by atoms with E-state index in [4.69, 9.17) is 0 Å². The van der Waals surface area contributed by atoms with Crippen molar-refractivity contribution in [3.05, 3.63) is 45.1 Å². The summed E-state index contributed by atoms with van der Waals surface area (Å²) in [6.07, 6.45) is 5.93. The number of rotatable bonds is 4. The van der Waals surface area contributed by atoms with Gasteiger partial charge in [-0.1, -0.05) is 13.3 Å². The lowest BCUT2D eigenvalue weighted by molar-refractivity contribution is 0.0959. The van der Waals surface area contributed by atoms with Crippen molar-refractivity contribution in [3.63, 3.8) is 0 Å². The normalized spacial score (nSPS) is 17.0. The summed E-state index contributed by atoms with van der Waals surface area (Å²) < 4.78 is 0. The van der Waals surface area contributed by atoms with Crippen molar-refractivity contribution in [3.8, 4) is 11.5 Å². The van der Waals surface area contributed by atoms with Gasteiger partial charge in [-0.2, -0.15) is 5.10 Å². The molecule has 6 heteroatoms. The highest BCUT2D eigenvalue weighted by Gasteiger charge is 2.21. The van der Waals surface area contributed by atoms with Crippen LogP contribution in [-0.2, 0) is 12.8 Å². The van der Waals surface area contributed by atoms with E-state index in [0.717, 1.165) is 18.8 Å². The van der Waals surface area contributed by atoms with Crippen LogP contribution in [-0.4, -0.2) is 22.3 Å². The quantitative estimate of drug-likeness (QED) is 0.451. The molecule has 1 heterocycles. The Kier molecular flexibility index (Phi) is 4.85. The van der Waals surface area contributed by atoms with Crippen LogP contribution < -0.4 is 5.43 Å². The average Bonchev–Trinajstić information content (AvgIpc) is 3.01. The lowest BCUT2D eigenvalue weighted by Crippen LogP contribution is -2.16. The number of hydrogen-bond acceptors (Lipinski definition) is 5. The van der Waals surface area contributed by atoms with E-state index in [1.807, 2.05) is 6.07 Å². The number of hydrazone groups is 1. The fraction of sp³-hybridized carbons (Fsp3) is 0.333. The van der Waals surface area contributed by atoms with Gasteiger partial charge in [0.05, 0.1) is 11.1 Å². The molecule has 0 bridgehead atoms. The molecule has 1 aliphatic carbocycles. The zero-order chi connectivity index (χ0) is 17.1. The van der Waals surface area contributed by atoms with E-state index >= 15 is 0 Å². The first-order valence-corrected chi connectivity index (χ1v) is 8.85. The molecule has 1 amide bonds. The fourth-order valence-electron chi connectivity index (χ4n) is 2.90. The zero-order valence-corrected chi connectivity index (χ0v) is 14.3. The molecule has 0 saturated heterocycles. The van der Waals surface area contributed by atoms with Gasteiger partial charge in [0.25, 0.3) is 5.91 Å². The predicted octanol–water partition coefficient (Wildman–Crippen LogP) is 3.44. The highest BCUT2D eigenvalue weighted by atomic mass is 32.1. The molecule has 1 aliphatic rings. The molecule has 0 fully saturated rings. The van der Waals surface area contributed by atoms with Gasteiger partial charge in [0.1, 0.15) is 0 Å². The van der Waals surface area contributed by atoms with Crippen molar-refractivity contribution >= 4 is 23.5 Å². The van der Waals surface area contributed by atoms with E-state index < -0.39 is 0 Å². The molecule has 1 unspecified atom stereocenters. The molecular formula is C18H20N2O3S. The van der Waals surface area contributed by atoms with Crippen LogP contribution in [0.1, 0.15) is 45.4 Å². The van der Waals surface area contributed by atoms with Crippen LogP contribution in [0.15, 0.2) is 29.4 Å². The number of phenolic OH excluding ortho intramolecular Hbond substituents is 2. The van der Waals surface area contributed by atoms with Crippen LogP contribution in [0.4, 0.5) is 0 Å². The maximum absolute atomic E-state index is 12.2. The molecule has 3 N–H and O–H groups in total. The molecule has 1 aromatic carbocycles. The number of carbonyl (C=O) groups is 1. The van der Waals surface area contributed by atoms with Crippen molar-refractivity contribution in [1.29, 1.82) is 0 Å². The summed E-state index contributed by atoms with van der Waals surface area (Å²) in [4.78, 5) is 14.2. The Morgan fingerprint density at radius 2 is 2.21 bits per heavy atom. The fourth-order valence-corrected chi connectivity index (χ4v) is 4.00. The van der Waals surface area contributed by atoms with Crippen molar-refractivity contribution in [2.75, 3.05) is 0 Å². The maximum Gasteiger partial charge on any atom is 0.281 e. The summed E-state index contributed by atoms with van der Waals surface area (Å²) in [5.74, 6) is 0.0947. The topological polar surface area (TPSA) is 81.9 Å². The van der Waals surface area contributed by atoms with Gasteiger partial charge >= 0.3 is 0 Å². The van der Waals surface area contributed by atoms with Crippen LogP contribution in [0.5, 0.6) is 11.5 Å². The molecule has 3 rings (SSSR count).